The van der Waals surface area contributed by atoms with E-state index in [1.807, 2.05) is 0 Å². The van der Waals surface area contributed by atoms with Gasteiger partial charge in [-0.25, -0.2) is 0 Å². The zero-order valence-corrected chi connectivity index (χ0v) is 8.94. The van der Waals surface area contributed by atoms with Crippen molar-refractivity contribution in [1.29, 1.82) is 0 Å². The van der Waals surface area contributed by atoms with Crippen molar-refractivity contribution >= 4 is 56.7 Å². The van der Waals surface area contributed by atoms with E-state index in [2.05, 4.69) is 0 Å². The van der Waals surface area contributed by atoms with Crippen LogP contribution >= 0.6 is 0 Å². The predicted octanol–water partition coefficient (Wildman–Crippen LogP) is 1.25. The summed E-state index contributed by atoms with van der Waals surface area (Å²) < 4.78 is 31.1. The first kappa shape index (κ1) is 14.3. The van der Waals surface area contributed by atoms with Crippen LogP contribution in [0.5, 0.6) is 0 Å². The summed E-state index contributed by atoms with van der Waals surface area (Å²) in [5.41, 5.74) is -0.0133. The molecule has 4 nitrogen and oxygen atoms in total. The summed E-state index contributed by atoms with van der Waals surface area (Å²) in [6.45, 7) is 0. The van der Waals surface area contributed by atoms with E-state index < -0.39 is 10.1 Å². The Labute approximate surface area is 121 Å². The summed E-state index contributed by atoms with van der Waals surface area (Å²) in [5.74, 6) is 0. The quantitative estimate of drug-likeness (QED) is 0.501. The van der Waals surface area contributed by atoms with Gasteiger partial charge in [0.15, 0.2) is 6.29 Å². The third kappa shape index (κ3) is 2.75. The minimum atomic E-state index is -4.37. The molecule has 0 atom stereocenters. The number of hydrogen-bond acceptors (Lipinski definition) is 3. The first-order valence-corrected chi connectivity index (χ1v) is 5.92. The molecule has 84 valence electrons. The number of benzene rings is 2. The molecule has 0 aliphatic carbocycles. The molecule has 0 unspecified atom stereocenters. The van der Waals surface area contributed by atoms with Crippen molar-refractivity contribution in [2.75, 3.05) is 0 Å². The Kier molecular flexibility index (Phi) is 4.46. The number of fused-ring (bicyclic) bond motifs is 1. The Hall–Kier alpha value is -0.720. The number of rotatable bonds is 2. The third-order valence-corrected chi connectivity index (χ3v) is 3.24. The topological polar surface area (TPSA) is 71.4 Å². The summed E-state index contributed by atoms with van der Waals surface area (Å²) in [5, 5.41) is 1.25. The molecule has 0 saturated heterocycles. The molecule has 2 rings (SSSR count). The number of carbonyl (C=O) groups is 1. The summed E-state index contributed by atoms with van der Waals surface area (Å²) in [4.78, 5) is 10.6. The fourth-order valence-electron chi connectivity index (χ4n) is 1.62. The second kappa shape index (κ2) is 5.29. The summed E-state index contributed by atoms with van der Waals surface area (Å²) in [6, 6.07) is 9.64. The molecule has 0 saturated carbocycles. The maximum absolute atomic E-state index is 11.1. The van der Waals surface area contributed by atoms with Crippen LogP contribution in [-0.4, -0.2) is 48.8 Å². The molecule has 0 bridgehead atoms. The van der Waals surface area contributed by atoms with E-state index in [0.717, 1.165) is 5.39 Å². The molecular weight excluding hydrogens is 251 g/mol. The van der Waals surface area contributed by atoms with Crippen LogP contribution in [0.2, 0.25) is 0 Å². The molecule has 17 heavy (non-hydrogen) atoms. The minimum absolute atomic E-state index is 0. The first-order chi connectivity index (χ1) is 7.54. The number of hydrogen-bond donors (Lipinski definition) is 1. The van der Waals surface area contributed by atoms with Gasteiger partial charge in [0.05, 0.1) is 0 Å². The van der Waals surface area contributed by atoms with Crippen LogP contribution in [0.1, 0.15) is 10.4 Å². The predicted molar refractivity (Wildman–Crippen MR) is 66.3 cm³/mol. The summed E-state index contributed by atoms with van der Waals surface area (Å²) in [6.07, 6.45) is 0.436. The third-order valence-electron chi connectivity index (χ3n) is 2.33. The van der Waals surface area contributed by atoms with Gasteiger partial charge in [-0.1, -0.05) is 30.3 Å². The molecule has 0 aliphatic rings. The fraction of sp³-hybridized carbons (Fsp3) is 0. The molecule has 0 radical (unpaired) electrons. The normalized spacial score (nSPS) is 10.9. The van der Waals surface area contributed by atoms with Gasteiger partial charge in [-0.15, -0.1) is 0 Å². The zero-order chi connectivity index (χ0) is 11.8. The van der Waals surface area contributed by atoms with Gasteiger partial charge >= 0.3 is 29.6 Å². The molecule has 0 heterocycles. The number of aldehydes is 1. The van der Waals surface area contributed by atoms with Crippen molar-refractivity contribution in [2.45, 2.75) is 4.90 Å². The van der Waals surface area contributed by atoms with E-state index in [0.29, 0.717) is 11.7 Å². The van der Waals surface area contributed by atoms with Crippen molar-refractivity contribution in [2.24, 2.45) is 0 Å². The van der Waals surface area contributed by atoms with E-state index in [9.17, 15) is 13.2 Å². The van der Waals surface area contributed by atoms with Gasteiger partial charge in [-0.05, 0) is 16.8 Å². The van der Waals surface area contributed by atoms with Crippen molar-refractivity contribution < 1.29 is 17.8 Å². The molecule has 1 N–H and O–H groups in total. The Balaban J connectivity index is 0.00000144. The monoisotopic (exact) mass is 260 g/mol. The molecule has 0 aromatic heterocycles. The summed E-state index contributed by atoms with van der Waals surface area (Å²) in [7, 11) is -4.37. The zero-order valence-electron chi connectivity index (χ0n) is 8.12. The van der Waals surface area contributed by atoms with Gasteiger partial charge in [-0.2, -0.15) is 8.42 Å². The van der Waals surface area contributed by atoms with Crippen molar-refractivity contribution in [3.8, 4) is 0 Å². The van der Waals surface area contributed by atoms with Crippen molar-refractivity contribution in [1.82, 2.24) is 0 Å². The standard InChI is InChI=1S/C11H8O4S.Na.H/c12-7-10-9-4-2-1-3-8(9)5-6-11(10)16(13,14)15;;/h1-7H,(H,13,14,15);;. The van der Waals surface area contributed by atoms with Crippen LogP contribution in [0.15, 0.2) is 41.3 Å². The Morgan fingerprint density at radius 2 is 1.71 bits per heavy atom. The second-order valence-electron chi connectivity index (χ2n) is 3.29. The second-order valence-corrected chi connectivity index (χ2v) is 4.68. The molecule has 6 heteroatoms. The summed E-state index contributed by atoms with van der Waals surface area (Å²) >= 11 is 0. The van der Waals surface area contributed by atoms with Crippen LogP contribution in [0.25, 0.3) is 10.8 Å². The van der Waals surface area contributed by atoms with Crippen molar-refractivity contribution in [3.63, 3.8) is 0 Å². The fourth-order valence-corrected chi connectivity index (χ4v) is 2.30. The Bertz CT molecular complexity index is 664. The van der Waals surface area contributed by atoms with E-state index in [4.69, 9.17) is 4.55 Å². The van der Waals surface area contributed by atoms with Gasteiger partial charge in [0.1, 0.15) is 4.90 Å². The van der Waals surface area contributed by atoms with Crippen LogP contribution in [0, 0.1) is 0 Å². The van der Waals surface area contributed by atoms with Crippen LogP contribution in [0.4, 0.5) is 0 Å². The van der Waals surface area contributed by atoms with Crippen LogP contribution in [-0.2, 0) is 10.1 Å². The average molecular weight is 260 g/mol. The van der Waals surface area contributed by atoms with E-state index in [-0.39, 0.29) is 40.0 Å². The molecular formula is C11H9NaO4S. The van der Waals surface area contributed by atoms with E-state index >= 15 is 0 Å². The van der Waals surface area contributed by atoms with Gasteiger partial charge in [-0.3, -0.25) is 9.35 Å². The molecule has 0 amide bonds. The van der Waals surface area contributed by atoms with Crippen LogP contribution in [0.3, 0.4) is 0 Å². The SMILES string of the molecule is O=Cc1c(S(=O)(=O)O)ccc2ccccc12.[NaH]. The molecule has 2 aromatic carbocycles. The first-order valence-electron chi connectivity index (χ1n) is 4.48. The molecule has 2 aromatic rings. The molecule has 0 spiro atoms. The Morgan fingerprint density at radius 3 is 2.29 bits per heavy atom. The van der Waals surface area contributed by atoms with Crippen molar-refractivity contribution in [3.05, 3.63) is 42.0 Å². The molecule has 0 fully saturated rings. The van der Waals surface area contributed by atoms with Gasteiger partial charge in [0.25, 0.3) is 10.1 Å². The maximum atomic E-state index is 11.1. The van der Waals surface area contributed by atoms with Crippen LogP contribution < -0.4 is 0 Å². The van der Waals surface area contributed by atoms with Gasteiger partial charge in [0, 0.05) is 5.56 Å². The molecule has 0 aliphatic heterocycles. The van der Waals surface area contributed by atoms with Gasteiger partial charge in [0.2, 0.25) is 0 Å². The van der Waals surface area contributed by atoms with E-state index in [1.54, 1.807) is 30.3 Å². The Morgan fingerprint density at radius 1 is 1.06 bits per heavy atom. The van der Waals surface area contributed by atoms with Gasteiger partial charge < -0.3 is 0 Å². The average Bonchev–Trinajstić information content (AvgIpc) is 2.26. The number of carbonyl (C=O) groups excluding carboxylic acids is 1. The van der Waals surface area contributed by atoms with E-state index in [1.165, 1.54) is 6.07 Å².